The van der Waals surface area contributed by atoms with Crippen LogP contribution in [0, 0.1) is 3.70 Å². The van der Waals surface area contributed by atoms with E-state index in [-0.39, 0.29) is 0 Å². The molecule has 1 fully saturated rings. The van der Waals surface area contributed by atoms with E-state index >= 15 is 0 Å². The summed E-state index contributed by atoms with van der Waals surface area (Å²) in [5.41, 5.74) is 1.32. The van der Waals surface area contributed by atoms with Crippen LogP contribution in [0.3, 0.4) is 0 Å². The topological polar surface area (TPSA) is 19.4 Å². The van der Waals surface area contributed by atoms with Crippen LogP contribution < -0.4 is 0 Å². The van der Waals surface area contributed by atoms with Crippen molar-refractivity contribution >= 4 is 22.6 Å². The Kier molecular flexibility index (Phi) is 4.76. The number of nitrogens with zero attached hydrogens (tertiary/aromatic N) is 3. The predicted octanol–water partition coefficient (Wildman–Crippen LogP) is 2.21. The maximum absolute atomic E-state index is 4.34. The van der Waals surface area contributed by atoms with Gasteiger partial charge in [0.05, 0.1) is 0 Å². The van der Waals surface area contributed by atoms with Gasteiger partial charge in [-0.3, -0.25) is 14.8 Å². The van der Waals surface area contributed by atoms with E-state index in [4.69, 9.17) is 0 Å². The van der Waals surface area contributed by atoms with Crippen molar-refractivity contribution in [2.24, 2.45) is 0 Å². The fourth-order valence-corrected chi connectivity index (χ4v) is 2.52. The molecule has 0 spiro atoms. The minimum atomic E-state index is 0.678. The highest BCUT2D eigenvalue weighted by molar-refractivity contribution is 14.1. The molecule has 1 saturated heterocycles. The molecule has 4 heteroatoms. The molecule has 0 bridgehead atoms. The molecule has 0 atom stereocenters. The van der Waals surface area contributed by atoms with Gasteiger partial charge in [0.2, 0.25) is 0 Å². The van der Waals surface area contributed by atoms with E-state index in [1.807, 2.05) is 6.20 Å². The molecule has 2 heterocycles. The second-order valence-electron chi connectivity index (χ2n) is 4.90. The van der Waals surface area contributed by atoms with E-state index in [9.17, 15) is 0 Å². The fraction of sp³-hybridized carbons (Fsp3) is 0.615. The van der Waals surface area contributed by atoms with E-state index in [0.717, 1.165) is 10.2 Å². The van der Waals surface area contributed by atoms with Crippen LogP contribution in [0.4, 0.5) is 0 Å². The van der Waals surface area contributed by atoms with Crippen molar-refractivity contribution in [2.45, 2.75) is 26.4 Å². The highest BCUT2D eigenvalue weighted by atomic mass is 127. The van der Waals surface area contributed by atoms with Crippen molar-refractivity contribution in [3.05, 3.63) is 27.6 Å². The molecule has 1 aromatic heterocycles. The third-order valence-corrected chi connectivity index (χ3v) is 3.97. The Hall–Kier alpha value is -0.200. The summed E-state index contributed by atoms with van der Waals surface area (Å²) in [5.74, 6) is 0. The van der Waals surface area contributed by atoms with Crippen molar-refractivity contribution in [1.82, 2.24) is 14.8 Å². The number of pyridine rings is 1. The van der Waals surface area contributed by atoms with Gasteiger partial charge in [0.25, 0.3) is 0 Å². The van der Waals surface area contributed by atoms with E-state index in [1.54, 1.807) is 0 Å². The van der Waals surface area contributed by atoms with Crippen LogP contribution in [0.5, 0.6) is 0 Å². The molecule has 94 valence electrons. The third kappa shape index (κ3) is 3.89. The van der Waals surface area contributed by atoms with Crippen LogP contribution in [0.15, 0.2) is 18.3 Å². The predicted molar refractivity (Wildman–Crippen MR) is 78.9 cm³/mol. The smallest absolute Gasteiger partial charge is 0.101 e. The molecule has 3 nitrogen and oxygen atoms in total. The molecule has 0 N–H and O–H groups in total. The van der Waals surface area contributed by atoms with Crippen LogP contribution >= 0.6 is 22.6 Å². The second kappa shape index (κ2) is 6.11. The summed E-state index contributed by atoms with van der Waals surface area (Å²) in [6.45, 7) is 10.3. The lowest BCUT2D eigenvalue weighted by molar-refractivity contribution is 0.104. The molecular weight excluding hydrogens is 325 g/mol. The summed E-state index contributed by atoms with van der Waals surface area (Å²) < 4.78 is 1.07. The summed E-state index contributed by atoms with van der Waals surface area (Å²) in [4.78, 5) is 9.40. The molecule has 0 saturated carbocycles. The maximum Gasteiger partial charge on any atom is 0.101 e. The van der Waals surface area contributed by atoms with Crippen molar-refractivity contribution in [3.8, 4) is 0 Å². The SMILES string of the molecule is CC(C)N1CCN(Cc2ccc(I)nc2)CC1. The van der Waals surface area contributed by atoms with Gasteiger partial charge in [-0.1, -0.05) is 6.07 Å². The number of hydrogen-bond acceptors (Lipinski definition) is 3. The van der Waals surface area contributed by atoms with Crippen LogP contribution in [0.1, 0.15) is 19.4 Å². The van der Waals surface area contributed by atoms with Crippen molar-refractivity contribution in [1.29, 1.82) is 0 Å². The zero-order chi connectivity index (χ0) is 12.3. The summed E-state index contributed by atoms with van der Waals surface area (Å²) in [6, 6.07) is 4.95. The van der Waals surface area contributed by atoms with Crippen molar-refractivity contribution < 1.29 is 0 Å². The van der Waals surface area contributed by atoms with Gasteiger partial charge in [0.15, 0.2) is 0 Å². The van der Waals surface area contributed by atoms with Gasteiger partial charge in [0.1, 0.15) is 3.70 Å². The van der Waals surface area contributed by atoms with Crippen LogP contribution in [-0.2, 0) is 6.54 Å². The zero-order valence-corrected chi connectivity index (χ0v) is 12.7. The number of aromatic nitrogens is 1. The molecule has 17 heavy (non-hydrogen) atoms. The fourth-order valence-electron chi connectivity index (χ4n) is 2.20. The Bertz CT molecular complexity index is 342. The highest BCUT2D eigenvalue weighted by Crippen LogP contribution is 2.10. The van der Waals surface area contributed by atoms with Crippen molar-refractivity contribution in [3.63, 3.8) is 0 Å². The highest BCUT2D eigenvalue weighted by Gasteiger charge is 2.18. The lowest BCUT2D eigenvalue weighted by Gasteiger charge is -2.36. The third-order valence-electron chi connectivity index (χ3n) is 3.33. The summed E-state index contributed by atoms with van der Waals surface area (Å²) in [6.07, 6.45) is 2.00. The zero-order valence-electron chi connectivity index (χ0n) is 10.6. The van der Waals surface area contributed by atoms with Crippen LogP contribution in [0.2, 0.25) is 0 Å². The molecule has 0 radical (unpaired) electrons. The quantitative estimate of drug-likeness (QED) is 0.619. The minimum Gasteiger partial charge on any atom is -0.298 e. The van der Waals surface area contributed by atoms with Gasteiger partial charge in [0, 0.05) is 45.0 Å². The van der Waals surface area contributed by atoms with E-state index in [1.165, 1.54) is 31.7 Å². The molecule has 0 aromatic carbocycles. The Labute approximate surface area is 117 Å². The lowest BCUT2D eigenvalue weighted by atomic mass is 10.2. The van der Waals surface area contributed by atoms with Gasteiger partial charge in [-0.15, -0.1) is 0 Å². The first kappa shape index (κ1) is 13.2. The number of rotatable bonds is 3. The molecule has 1 aromatic rings. The van der Waals surface area contributed by atoms with Gasteiger partial charge in [-0.05, 0) is 48.1 Å². The van der Waals surface area contributed by atoms with Crippen LogP contribution in [0.25, 0.3) is 0 Å². The molecule has 0 aliphatic carbocycles. The van der Waals surface area contributed by atoms with Gasteiger partial charge >= 0.3 is 0 Å². The molecule has 1 aliphatic heterocycles. The van der Waals surface area contributed by atoms with Gasteiger partial charge in [-0.25, -0.2) is 0 Å². The van der Waals surface area contributed by atoms with Gasteiger partial charge in [-0.2, -0.15) is 0 Å². The minimum absolute atomic E-state index is 0.678. The molecule has 0 amide bonds. The largest absolute Gasteiger partial charge is 0.298 e. The number of piperazine rings is 1. The van der Waals surface area contributed by atoms with E-state index < -0.39 is 0 Å². The summed E-state index contributed by atoms with van der Waals surface area (Å²) >= 11 is 2.25. The molecule has 0 unspecified atom stereocenters. The first-order valence-electron chi connectivity index (χ1n) is 6.22. The molecular formula is C13H20IN3. The van der Waals surface area contributed by atoms with Gasteiger partial charge < -0.3 is 0 Å². The monoisotopic (exact) mass is 345 g/mol. The molecule has 1 aliphatic rings. The average Bonchev–Trinajstić information content (AvgIpc) is 2.33. The lowest BCUT2D eigenvalue weighted by Crippen LogP contribution is -2.48. The number of hydrogen-bond donors (Lipinski definition) is 0. The molecule has 2 rings (SSSR count). The van der Waals surface area contributed by atoms with E-state index in [2.05, 4.69) is 63.4 Å². The second-order valence-corrected chi connectivity index (χ2v) is 6.00. The standard InChI is InChI=1S/C13H20IN3/c1-11(2)17-7-5-16(6-8-17)10-12-3-4-13(14)15-9-12/h3-4,9,11H,5-8,10H2,1-2H3. The first-order valence-corrected chi connectivity index (χ1v) is 7.30. The first-order chi connectivity index (χ1) is 8.15. The number of halogens is 1. The Morgan fingerprint density at radius 1 is 1.24 bits per heavy atom. The average molecular weight is 345 g/mol. The van der Waals surface area contributed by atoms with E-state index in [0.29, 0.717) is 6.04 Å². The Balaban J connectivity index is 1.84. The van der Waals surface area contributed by atoms with Crippen LogP contribution in [-0.4, -0.2) is 47.0 Å². The maximum atomic E-state index is 4.34. The Morgan fingerprint density at radius 2 is 1.94 bits per heavy atom. The van der Waals surface area contributed by atoms with Crippen molar-refractivity contribution in [2.75, 3.05) is 26.2 Å². The summed E-state index contributed by atoms with van der Waals surface area (Å²) in [7, 11) is 0. The summed E-state index contributed by atoms with van der Waals surface area (Å²) in [5, 5.41) is 0. The Morgan fingerprint density at radius 3 is 2.47 bits per heavy atom. The normalized spacial score (nSPS) is 18.8.